The van der Waals surface area contributed by atoms with Crippen LogP contribution < -0.4 is 0 Å². The van der Waals surface area contributed by atoms with Crippen LogP contribution in [0.3, 0.4) is 0 Å². The van der Waals surface area contributed by atoms with E-state index in [2.05, 4.69) is 9.88 Å². The van der Waals surface area contributed by atoms with Gasteiger partial charge in [-0.15, -0.1) is 0 Å². The molecule has 4 nitrogen and oxygen atoms in total. The highest BCUT2D eigenvalue weighted by molar-refractivity contribution is 6.30. The monoisotopic (exact) mass is 368 g/mol. The minimum Gasteiger partial charge on any atom is -0.371 e. The van der Waals surface area contributed by atoms with E-state index in [0.717, 1.165) is 34.3 Å². The lowest BCUT2D eigenvalue weighted by atomic mass is 10.0. The number of ether oxygens (including phenoxy) is 1. The number of halogens is 1. The third-order valence-electron chi connectivity index (χ3n) is 4.93. The summed E-state index contributed by atoms with van der Waals surface area (Å²) in [5, 5.41) is 1.71. The number of Topliss-reactive ketones (excluding diaryl/α,β-unsaturated/α-hetero) is 1. The molecule has 0 bridgehead atoms. The number of aromatic nitrogens is 1. The largest absolute Gasteiger partial charge is 0.371 e. The Morgan fingerprint density at radius 3 is 2.81 bits per heavy atom. The maximum absolute atomic E-state index is 13.0. The number of hydrogen-bond donors (Lipinski definition) is 1. The first-order valence-electron chi connectivity index (χ1n) is 8.82. The number of morpholine rings is 1. The van der Waals surface area contributed by atoms with Gasteiger partial charge in [-0.3, -0.25) is 9.69 Å². The number of ketones is 1. The third kappa shape index (κ3) is 3.40. The van der Waals surface area contributed by atoms with Gasteiger partial charge in [0.2, 0.25) is 0 Å². The Hall–Kier alpha value is -2.14. The zero-order chi connectivity index (χ0) is 18.1. The van der Waals surface area contributed by atoms with E-state index in [9.17, 15) is 4.79 Å². The first-order valence-corrected chi connectivity index (χ1v) is 9.19. The lowest BCUT2D eigenvalue weighted by Crippen LogP contribution is -2.41. The average molecular weight is 369 g/mol. The molecule has 1 saturated heterocycles. The van der Waals surface area contributed by atoms with E-state index >= 15 is 0 Å². The summed E-state index contributed by atoms with van der Waals surface area (Å²) < 4.78 is 5.90. The molecule has 1 N–H and O–H groups in total. The molecule has 1 fully saturated rings. The molecule has 0 aliphatic carbocycles. The average Bonchev–Trinajstić information content (AvgIpc) is 2.98. The van der Waals surface area contributed by atoms with Crippen molar-refractivity contribution in [1.82, 2.24) is 9.88 Å². The van der Waals surface area contributed by atoms with Crippen molar-refractivity contribution in [1.29, 1.82) is 0 Å². The molecule has 4 rings (SSSR count). The second kappa shape index (κ2) is 7.23. The van der Waals surface area contributed by atoms with E-state index in [-0.39, 0.29) is 11.9 Å². The molecule has 2 heterocycles. The van der Waals surface area contributed by atoms with Crippen molar-refractivity contribution in [3.63, 3.8) is 0 Å². The van der Waals surface area contributed by atoms with Crippen LogP contribution in [0.15, 0.2) is 48.5 Å². The molecule has 0 spiro atoms. The number of hydrogen-bond acceptors (Lipinski definition) is 3. The maximum atomic E-state index is 13.0. The number of nitrogens with zero attached hydrogens (tertiary/aromatic N) is 1. The number of carbonyl (C=O) groups excluding carboxylic acids is 1. The van der Waals surface area contributed by atoms with Gasteiger partial charge in [0.05, 0.1) is 19.3 Å². The van der Waals surface area contributed by atoms with Crippen LogP contribution in [-0.4, -0.2) is 41.9 Å². The zero-order valence-corrected chi connectivity index (χ0v) is 15.4. The molecule has 0 unspecified atom stereocenters. The zero-order valence-electron chi connectivity index (χ0n) is 14.7. The highest BCUT2D eigenvalue weighted by atomic mass is 35.5. The Labute approximate surface area is 157 Å². The van der Waals surface area contributed by atoms with Crippen molar-refractivity contribution in [2.75, 3.05) is 26.2 Å². The fraction of sp³-hybridized carbons (Fsp3) is 0.286. The van der Waals surface area contributed by atoms with Crippen LogP contribution in [0.5, 0.6) is 0 Å². The van der Waals surface area contributed by atoms with Gasteiger partial charge in [-0.1, -0.05) is 41.9 Å². The lowest BCUT2D eigenvalue weighted by Gasteiger charge is -2.32. The Bertz CT molecular complexity index is 933. The van der Waals surface area contributed by atoms with Gasteiger partial charge >= 0.3 is 0 Å². The van der Waals surface area contributed by atoms with Gasteiger partial charge < -0.3 is 9.72 Å². The van der Waals surface area contributed by atoms with Gasteiger partial charge in [0, 0.05) is 40.3 Å². The van der Waals surface area contributed by atoms with Gasteiger partial charge in [0.25, 0.3) is 0 Å². The molecule has 0 saturated carbocycles. The van der Waals surface area contributed by atoms with Crippen LogP contribution in [0.25, 0.3) is 10.9 Å². The number of benzene rings is 2. The SMILES string of the molecule is Cc1[nH]c2ccccc2c1C(=O)CN1CCO[C@H](c2ccc(Cl)cc2)C1. The number of nitrogens with one attached hydrogen (secondary N) is 1. The molecule has 2 aromatic carbocycles. The van der Waals surface area contributed by atoms with E-state index < -0.39 is 0 Å². The summed E-state index contributed by atoms with van der Waals surface area (Å²) in [6.07, 6.45) is -0.0297. The van der Waals surface area contributed by atoms with Crippen LogP contribution in [0.4, 0.5) is 0 Å². The molecule has 26 heavy (non-hydrogen) atoms. The summed E-state index contributed by atoms with van der Waals surface area (Å²) in [7, 11) is 0. The Morgan fingerprint density at radius 1 is 1.23 bits per heavy atom. The molecule has 5 heteroatoms. The Morgan fingerprint density at radius 2 is 2.00 bits per heavy atom. The van der Waals surface area contributed by atoms with Gasteiger partial charge in [0.1, 0.15) is 0 Å². The molecule has 1 aromatic heterocycles. The van der Waals surface area contributed by atoms with Crippen molar-refractivity contribution in [2.24, 2.45) is 0 Å². The van der Waals surface area contributed by atoms with E-state index in [0.29, 0.717) is 24.7 Å². The molecule has 3 aromatic rings. The van der Waals surface area contributed by atoms with Crippen LogP contribution >= 0.6 is 11.6 Å². The molecular weight excluding hydrogens is 348 g/mol. The summed E-state index contributed by atoms with van der Waals surface area (Å²) in [6, 6.07) is 15.7. The Balaban J connectivity index is 1.50. The number of rotatable bonds is 4. The summed E-state index contributed by atoms with van der Waals surface area (Å²) in [5.41, 5.74) is 3.83. The van der Waals surface area contributed by atoms with Gasteiger partial charge in [0.15, 0.2) is 5.78 Å². The summed E-state index contributed by atoms with van der Waals surface area (Å²) in [5.74, 6) is 0.150. The van der Waals surface area contributed by atoms with Crippen LogP contribution in [-0.2, 0) is 4.74 Å². The number of fused-ring (bicyclic) bond motifs is 1. The topological polar surface area (TPSA) is 45.3 Å². The number of H-pyrrole nitrogens is 1. The minimum atomic E-state index is -0.0297. The summed E-state index contributed by atoms with van der Waals surface area (Å²) >= 11 is 5.97. The van der Waals surface area contributed by atoms with Crippen LogP contribution in [0.1, 0.15) is 27.7 Å². The second-order valence-corrected chi connectivity index (χ2v) is 7.18. The maximum Gasteiger partial charge on any atom is 0.179 e. The van der Waals surface area contributed by atoms with E-state index in [4.69, 9.17) is 16.3 Å². The highest BCUT2D eigenvalue weighted by Gasteiger charge is 2.25. The van der Waals surface area contributed by atoms with Crippen LogP contribution in [0.2, 0.25) is 5.02 Å². The van der Waals surface area contributed by atoms with Gasteiger partial charge in [-0.25, -0.2) is 0 Å². The van der Waals surface area contributed by atoms with Crippen molar-refractivity contribution in [3.05, 3.63) is 70.4 Å². The first kappa shape index (κ1) is 17.3. The smallest absolute Gasteiger partial charge is 0.179 e. The lowest BCUT2D eigenvalue weighted by molar-refractivity contribution is -0.0274. The molecule has 0 amide bonds. The summed E-state index contributed by atoms with van der Waals surface area (Å²) in [4.78, 5) is 18.5. The minimum absolute atomic E-state index is 0.0297. The van der Waals surface area contributed by atoms with Crippen LogP contribution in [0, 0.1) is 6.92 Å². The number of carbonyl (C=O) groups is 1. The number of aryl methyl sites for hydroxylation is 1. The fourth-order valence-corrected chi connectivity index (χ4v) is 3.77. The van der Waals surface area contributed by atoms with Gasteiger partial charge in [-0.2, -0.15) is 0 Å². The molecule has 1 atom stereocenters. The van der Waals surface area contributed by atoms with Crippen molar-refractivity contribution in [3.8, 4) is 0 Å². The number of aromatic amines is 1. The summed E-state index contributed by atoms with van der Waals surface area (Å²) in [6.45, 7) is 4.44. The van der Waals surface area contributed by atoms with E-state index in [1.165, 1.54) is 0 Å². The van der Waals surface area contributed by atoms with Crippen molar-refractivity contribution < 1.29 is 9.53 Å². The number of para-hydroxylation sites is 1. The normalized spacial score (nSPS) is 18.3. The van der Waals surface area contributed by atoms with E-state index in [1.54, 1.807) is 0 Å². The molecule has 1 aliphatic rings. The van der Waals surface area contributed by atoms with Crippen molar-refractivity contribution in [2.45, 2.75) is 13.0 Å². The molecule has 0 radical (unpaired) electrons. The van der Waals surface area contributed by atoms with Crippen molar-refractivity contribution >= 4 is 28.3 Å². The quantitative estimate of drug-likeness (QED) is 0.695. The molecular formula is C21H21ClN2O2. The Kier molecular flexibility index (Phi) is 4.81. The highest BCUT2D eigenvalue weighted by Crippen LogP contribution is 2.26. The van der Waals surface area contributed by atoms with E-state index in [1.807, 2.05) is 55.5 Å². The predicted molar refractivity (Wildman–Crippen MR) is 104 cm³/mol. The second-order valence-electron chi connectivity index (χ2n) is 6.74. The standard InChI is InChI=1S/C21H21ClN2O2/c1-14-21(17-4-2-3-5-18(17)23-14)19(25)12-24-10-11-26-20(13-24)15-6-8-16(22)9-7-15/h2-9,20,23H,10-13H2,1H3/t20-/m0/s1. The molecule has 134 valence electrons. The first-order chi connectivity index (χ1) is 12.6. The fourth-order valence-electron chi connectivity index (χ4n) is 3.64. The predicted octanol–water partition coefficient (Wildman–Crippen LogP) is 4.39. The van der Waals surface area contributed by atoms with Gasteiger partial charge in [-0.05, 0) is 30.7 Å². The molecule has 1 aliphatic heterocycles. The third-order valence-corrected chi connectivity index (χ3v) is 5.18.